The normalized spacial score (nSPS) is 9.76. The lowest BCUT2D eigenvalue weighted by atomic mass is 10.2. The van der Waals surface area contributed by atoms with E-state index < -0.39 is 17.8 Å². The molecular weight excluding hydrogens is 277 g/mol. The summed E-state index contributed by atoms with van der Waals surface area (Å²) < 4.78 is 13.3. The van der Waals surface area contributed by atoms with Crippen LogP contribution in [0.5, 0.6) is 5.75 Å². The first-order valence-electron chi connectivity index (χ1n) is 5.97. The van der Waals surface area contributed by atoms with Gasteiger partial charge in [-0.3, -0.25) is 10.2 Å². The van der Waals surface area contributed by atoms with Crippen molar-refractivity contribution in [1.82, 2.24) is 10.9 Å². The molecule has 2 rings (SSSR count). The van der Waals surface area contributed by atoms with E-state index in [0.717, 1.165) is 0 Å². The molecule has 0 aliphatic rings. The number of carbonyl (C=O) groups excluding carboxylic acids is 2. The molecule has 108 valence electrons. The van der Waals surface area contributed by atoms with Crippen LogP contribution in [0.15, 0.2) is 48.5 Å². The molecule has 0 fully saturated rings. The van der Waals surface area contributed by atoms with E-state index in [9.17, 15) is 14.0 Å². The minimum absolute atomic E-state index is 0.00566. The van der Waals surface area contributed by atoms with Crippen LogP contribution >= 0.6 is 0 Å². The van der Waals surface area contributed by atoms with E-state index in [4.69, 9.17) is 5.11 Å². The molecule has 0 unspecified atom stereocenters. The Morgan fingerprint density at radius 2 is 1.62 bits per heavy atom. The largest absolute Gasteiger partial charge is 0.508 e. The molecule has 3 amide bonds. The Morgan fingerprint density at radius 3 is 2.29 bits per heavy atom. The molecule has 0 aliphatic carbocycles. The second kappa shape index (κ2) is 6.38. The predicted octanol–water partition coefficient (Wildman–Crippen LogP) is 2.00. The zero-order valence-corrected chi connectivity index (χ0v) is 10.8. The van der Waals surface area contributed by atoms with Gasteiger partial charge in [-0.2, -0.15) is 0 Å². The van der Waals surface area contributed by atoms with Crippen LogP contribution in [0, 0.1) is 5.82 Å². The van der Waals surface area contributed by atoms with Crippen molar-refractivity contribution in [3.8, 4) is 5.75 Å². The summed E-state index contributed by atoms with van der Waals surface area (Å²) in [6.45, 7) is 0. The number of aromatic hydroxyl groups is 1. The third-order valence-electron chi connectivity index (χ3n) is 2.54. The second-order valence-electron chi connectivity index (χ2n) is 4.06. The van der Waals surface area contributed by atoms with Crippen molar-refractivity contribution in [3.63, 3.8) is 0 Å². The fourth-order valence-electron chi connectivity index (χ4n) is 1.51. The average molecular weight is 289 g/mol. The van der Waals surface area contributed by atoms with E-state index >= 15 is 0 Å². The molecule has 6 nitrogen and oxygen atoms in total. The van der Waals surface area contributed by atoms with Gasteiger partial charge in [-0.05, 0) is 36.4 Å². The van der Waals surface area contributed by atoms with Gasteiger partial charge < -0.3 is 10.4 Å². The SMILES string of the molecule is O=C(NNC(=O)c1ccc(O)cc1)Nc1ccccc1F. The molecule has 0 heterocycles. The van der Waals surface area contributed by atoms with Gasteiger partial charge in [0.2, 0.25) is 0 Å². The molecular formula is C14H12FN3O3. The number of amides is 3. The lowest BCUT2D eigenvalue weighted by Gasteiger charge is -2.09. The topological polar surface area (TPSA) is 90.5 Å². The molecule has 0 aromatic heterocycles. The van der Waals surface area contributed by atoms with Crippen molar-refractivity contribution in [2.24, 2.45) is 0 Å². The van der Waals surface area contributed by atoms with E-state index in [2.05, 4.69) is 16.2 Å². The first-order valence-corrected chi connectivity index (χ1v) is 5.97. The Labute approximate surface area is 119 Å². The van der Waals surface area contributed by atoms with Crippen molar-refractivity contribution in [2.45, 2.75) is 0 Å². The van der Waals surface area contributed by atoms with Gasteiger partial charge in [0, 0.05) is 5.56 Å². The summed E-state index contributed by atoms with van der Waals surface area (Å²) in [4.78, 5) is 23.2. The molecule has 2 aromatic rings. The number of hydrogen-bond donors (Lipinski definition) is 4. The lowest BCUT2D eigenvalue weighted by molar-refractivity contribution is 0.0938. The van der Waals surface area contributed by atoms with Gasteiger partial charge >= 0.3 is 6.03 Å². The summed E-state index contributed by atoms with van der Waals surface area (Å²) in [7, 11) is 0. The number of halogens is 1. The van der Waals surface area contributed by atoms with Crippen LogP contribution in [-0.2, 0) is 0 Å². The number of rotatable bonds is 2. The summed E-state index contributed by atoms with van der Waals surface area (Å²) in [5.41, 5.74) is 4.49. The standard InChI is InChI=1S/C14H12FN3O3/c15-11-3-1-2-4-12(11)16-14(21)18-17-13(20)9-5-7-10(19)8-6-9/h1-8,19H,(H,17,20)(H2,16,18,21). The summed E-state index contributed by atoms with van der Waals surface area (Å²) in [6, 6.07) is 10.3. The average Bonchev–Trinajstić information content (AvgIpc) is 2.48. The number of carbonyl (C=O) groups is 2. The number of phenols is 1. The van der Waals surface area contributed by atoms with E-state index in [-0.39, 0.29) is 17.0 Å². The van der Waals surface area contributed by atoms with Crippen molar-refractivity contribution < 1.29 is 19.1 Å². The molecule has 0 atom stereocenters. The summed E-state index contributed by atoms with van der Waals surface area (Å²) >= 11 is 0. The van der Waals surface area contributed by atoms with E-state index in [1.54, 1.807) is 6.07 Å². The summed E-state index contributed by atoms with van der Waals surface area (Å²) in [5, 5.41) is 11.3. The first kappa shape index (κ1) is 14.3. The van der Waals surface area contributed by atoms with Crippen LogP contribution < -0.4 is 16.2 Å². The Balaban J connectivity index is 1.88. The van der Waals surface area contributed by atoms with Gasteiger partial charge in [-0.25, -0.2) is 14.6 Å². The highest BCUT2D eigenvalue weighted by Crippen LogP contribution is 2.12. The van der Waals surface area contributed by atoms with E-state index in [1.165, 1.54) is 42.5 Å². The van der Waals surface area contributed by atoms with Crippen molar-refractivity contribution >= 4 is 17.6 Å². The number of anilines is 1. The summed E-state index contributed by atoms with van der Waals surface area (Å²) in [5.74, 6) is -1.13. The van der Waals surface area contributed by atoms with Crippen LogP contribution in [0.4, 0.5) is 14.9 Å². The van der Waals surface area contributed by atoms with Gasteiger partial charge in [0.25, 0.3) is 5.91 Å². The maximum absolute atomic E-state index is 13.3. The number of hydrazine groups is 1. The smallest absolute Gasteiger partial charge is 0.338 e. The molecule has 0 bridgehead atoms. The van der Waals surface area contributed by atoms with E-state index in [1.807, 2.05) is 0 Å². The Morgan fingerprint density at radius 1 is 0.952 bits per heavy atom. The molecule has 4 N–H and O–H groups in total. The van der Waals surface area contributed by atoms with Gasteiger partial charge in [0.1, 0.15) is 11.6 Å². The zero-order chi connectivity index (χ0) is 15.2. The third kappa shape index (κ3) is 3.93. The van der Waals surface area contributed by atoms with Gasteiger partial charge in [-0.1, -0.05) is 12.1 Å². The zero-order valence-electron chi connectivity index (χ0n) is 10.8. The maximum Gasteiger partial charge on any atom is 0.338 e. The Kier molecular flexibility index (Phi) is 4.35. The highest BCUT2D eigenvalue weighted by Gasteiger charge is 2.08. The molecule has 0 radical (unpaired) electrons. The first-order chi connectivity index (χ1) is 10.1. The van der Waals surface area contributed by atoms with Crippen molar-refractivity contribution in [1.29, 1.82) is 0 Å². The Hall–Kier alpha value is -3.09. The van der Waals surface area contributed by atoms with Gasteiger partial charge in [0.15, 0.2) is 0 Å². The summed E-state index contributed by atoms with van der Waals surface area (Å²) in [6.07, 6.45) is 0. The van der Waals surface area contributed by atoms with Crippen LogP contribution in [0.1, 0.15) is 10.4 Å². The Bertz CT molecular complexity index is 659. The number of urea groups is 1. The maximum atomic E-state index is 13.3. The van der Waals surface area contributed by atoms with Gasteiger partial charge in [0.05, 0.1) is 5.69 Å². The third-order valence-corrected chi connectivity index (χ3v) is 2.54. The predicted molar refractivity (Wildman–Crippen MR) is 74.1 cm³/mol. The lowest BCUT2D eigenvalue weighted by Crippen LogP contribution is -2.44. The quantitative estimate of drug-likeness (QED) is 0.637. The molecule has 7 heteroatoms. The van der Waals surface area contributed by atoms with Gasteiger partial charge in [-0.15, -0.1) is 0 Å². The second-order valence-corrected chi connectivity index (χ2v) is 4.06. The number of nitrogens with one attached hydrogen (secondary N) is 3. The van der Waals surface area contributed by atoms with Crippen LogP contribution in [0.25, 0.3) is 0 Å². The van der Waals surface area contributed by atoms with Crippen LogP contribution in [0.2, 0.25) is 0 Å². The molecule has 0 saturated carbocycles. The number of para-hydroxylation sites is 1. The van der Waals surface area contributed by atoms with Crippen molar-refractivity contribution in [2.75, 3.05) is 5.32 Å². The molecule has 2 aromatic carbocycles. The van der Waals surface area contributed by atoms with Crippen LogP contribution in [-0.4, -0.2) is 17.0 Å². The fourth-order valence-corrected chi connectivity index (χ4v) is 1.51. The molecule has 0 aliphatic heterocycles. The fraction of sp³-hybridized carbons (Fsp3) is 0. The number of hydrogen-bond acceptors (Lipinski definition) is 3. The van der Waals surface area contributed by atoms with Crippen molar-refractivity contribution in [3.05, 3.63) is 59.9 Å². The van der Waals surface area contributed by atoms with Crippen LogP contribution in [0.3, 0.4) is 0 Å². The monoisotopic (exact) mass is 289 g/mol. The number of benzene rings is 2. The molecule has 0 spiro atoms. The highest BCUT2D eigenvalue weighted by atomic mass is 19.1. The molecule has 0 saturated heterocycles. The highest BCUT2D eigenvalue weighted by molar-refractivity contribution is 5.97. The number of phenolic OH excluding ortho intramolecular Hbond substituents is 1. The molecule has 21 heavy (non-hydrogen) atoms. The minimum Gasteiger partial charge on any atom is -0.508 e. The van der Waals surface area contributed by atoms with E-state index in [0.29, 0.717) is 0 Å². The minimum atomic E-state index is -0.785.